The van der Waals surface area contributed by atoms with Crippen molar-refractivity contribution in [2.24, 2.45) is 28.6 Å². The summed E-state index contributed by atoms with van der Waals surface area (Å²) in [6.07, 6.45) is 10.5. The van der Waals surface area contributed by atoms with Gasteiger partial charge in [-0.2, -0.15) is 0 Å². The number of carboxylic acids is 1. The molecule has 4 aliphatic carbocycles. The van der Waals surface area contributed by atoms with Gasteiger partial charge in [0.2, 0.25) is 0 Å². The predicted octanol–water partition coefficient (Wildman–Crippen LogP) is 4.07. The molecule has 4 rings (SSSR count). The van der Waals surface area contributed by atoms with Gasteiger partial charge >= 0.3 is 5.97 Å². The molecule has 150 valence electrons. The van der Waals surface area contributed by atoms with Crippen LogP contribution >= 0.6 is 0 Å². The SMILES string of the molecule is C[C@]12CCC(O)C=C1CC[C@@H]1[C@@H]2CC[C@]2(C)C(=C(CCO)C(=O)O)CC[C@@H]12. The maximum atomic E-state index is 11.8. The van der Waals surface area contributed by atoms with Crippen LogP contribution < -0.4 is 0 Å². The standard InChI is InChI=1S/C23H34O4/c1-22-10-7-15(25)13-14(22)3-4-16-18-5-6-19(17(9-12-24)21(26)27)23(18,2)11-8-20(16)22/h13,15-16,18,20,24-25H,3-12H2,1-2H3,(H,26,27)/t15?,16-,18-,20-,22-,23-/m0/s1. The Kier molecular flexibility index (Phi) is 4.79. The van der Waals surface area contributed by atoms with E-state index in [1.54, 1.807) is 0 Å². The van der Waals surface area contributed by atoms with Crippen LogP contribution in [-0.4, -0.2) is 34.0 Å². The molecular weight excluding hydrogens is 340 g/mol. The summed E-state index contributed by atoms with van der Waals surface area (Å²) >= 11 is 0. The maximum absolute atomic E-state index is 11.8. The normalized spacial score (nSPS) is 45.4. The first-order valence-corrected chi connectivity index (χ1v) is 10.8. The highest BCUT2D eigenvalue weighted by molar-refractivity contribution is 5.88. The fourth-order valence-electron chi connectivity index (χ4n) is 7.52. The third kappa shape index (κ3) is 2.82. The molecule has 0 heterocycles. The second-order valence-electron chi connectivity index (χ2n) is 9.86. The highest BCUT2D eigenvalue weighted by Crippen LogP contribution is 2.67. The Morgan fingerprint density at radius 3 is 2.48 bits per heavy atom. The summed E-state index contributed by atoms with van der Waals surface area (Å²) in [4.78, 5) is 11.8. The average molecular weight is 375 g/mol. The van der Waals surface area contributed by atoms with Crippen LogP contribution in [0.5, 0.6) is 0 Å². The number of rotatable bonds is 3. The molecule has 0 radical (unpaired) electrons. The van der Waals surface area contributed by atoms with E-state index in [4.69, 9.17) is 0 Å². The second kappa shape index (κ2) is 6.73. The molecule has 1 unspecified atom stereocenters. The van der Waals surface area contributed by atoms with E-state index in [1.807, 2.05) is 0 Å². The van der Waals surface area contributed by atoms with Gasteiger partial charge in [-0.15, -0.1) is 0 Å². The van der Waals surface area contributed by atoms with Crippen molar-refractivity contribution in [1.29, 1.82) is 0 Å². The van der Waals surface area contributed by atoms with Gasteiger partial charge in [-0.3, -0.25) is 0 Å². The summed E-state index contributed by atoms with van der Waals surface area (Å²) in [7, 11) is 0. The lowest BCUT2D eigenvalue weighted by atomic mass is 9.47. The average Bonchev–Trinajstić information content (AvgIpc) is 2.97. The third-order valence-electron chi connectivity index (χ3n) is 8.86. The zero-order valence-corrected chi connectivity index (χ0v) is 16.7. The van der Waals surface area contributed by atoms with Gasteiger partial charge in [0, 0.05) is 18.6 Å². The molecule has 0 aromatic carbocycles. The number of hydrogen-bond acceptors (Lipinski definition) is 3. The van der Waals surface area contributed by atoms with Crippen LogP contribution in [0.25, 0.3) is 0 Å². The molecule has 27 heavy (non-hydrogen) atoms. The summed E-state index contributed by atoms with van der Waals surface area (Å²) in [6.45, 7) is 4.63. The molecular formula is C23H34O4. The van der Waals surface area contributed by atoms with Crippen LogP contribution in [0.1, 0.15) is 71.6 Å². The molecule has 6 atom stereocenters. The minimum Gasteiger partial charge on any atom is -0.478 e. The van der Waals surface area contributed by atoms with E-state index in [0.717, 1.165) is 50.5 Å². The van der Waals surface area contributed by atoms with Crippen molar-refractivity contribution in [3.63, 3.8) is 0 Å². The Balaban J connectivity index is 1.68. The van der Waals surface area contributed by atoms with Crippen molar-refractivity contribution < 1.29 is 20.1 Å². The quantitative estimate of drug-likeness (QED) is 0.514. The zero-order chi connectivity index (χ0) is 19.4. The van der Waals surface area contributed by atoms with E-state index in [-0.39, 0.29) is 30.0 Å². The highest BCUT2D eigenvalue weighted by atomic mass is 16.4. The number of allylic oxidation sites excluding steroid dienone is 2. The smallest absolute Gasteiger partial charge is 0.331 e. The Labute approximate surface area is 162 Å². The minimum absolute atomic E-state index is 0.0180. The highest BCUT2D eigenvalue weighted by Gasteiger charge is 2.58. The van der Waals surface area contributed by atoms with Crippen molar-refractivity contribution in [2.45, 2.75) is 77.7 Å². The van der Waals surface area contributed by atoms with Gasteiger partial charge in [-0.05, 0) is 80.0 Å². The van der Waals surface area contributed by atoms with E-state index < -0.39 is 5.97 Å². The van der Waals surface area contributed by atoms with E-state index in [9.17, 15) is 20.1 Å². The number of fused-ring (bicyclic) bond motifs is 5. The van der Waals surface area contributed by atoms with Crippen molar-refractivity contribution in [2.75, 3.05) is 6.61 Å². The summed E-state index contributed by atoms with van der Waals surface area (Å²) < 4.78 is 0. The van der Waals surface area contributed by atoms with Crippen LogP contribution in [-0.2, 0) is 4.79 Å². The van der Waals surface area contributed by atoms with Crippen LogP contribution in [0.4, 0.5) is 0 Å². The summed E-state index contributed by atoms with van der Waals surface area (Å²) in [5.41, 5.74) is 3.28. The summed E-state index contributed by atoms with van der Waals surface area (Å²) in [5.74, 6) is 1.03. The molecule has 3 fully saturated rings. The van der Waals surface area contributed by atoms with Gasteiger partial charge in [-0.25, -0.2) is 4.79 Å². The number of carbonyl (C=O) groups is 1. The summed E-state index contributed by atoms with van der Waals surface area (Å²) in [6, 6.07) is 0. The van der Waals surface area contributed by atoms with Gasteiger partial charge in [0.25, 0.3) is 0 Å². The van der Waals surface area contributed by atoms with Crippen LogP contribution in [0.3, 0.4) is 0 Å². The molecule has 0 aliphatic heterocycles. The van der Waals surface area contributed by atoms with Gasteiger partial charge in [0.15, 0.2) is 0 Å². The topological polar surface area (TPSA) is 77.8 Å². The summed E-state index contributed by atoms with van der Waals surface area (Å²) in [5, 5.41) is 29.2. The van der Waals surface area contributed by atoms with Gasteiger partial charge in [-0.1, -0.05) is 31.1 Å². The Hall–Kier alpha value is -1.13. The van der Waals surface area contributed by atoms with Crippen LogP contribution in [0, 0.1) is 28.6 Å². The van der Waals surface area contributed by atoms with Crippen molar-refractivity contribution >= 4 is 5.97 Å². The van der Waals surface area contributed by atoms with Crippen LogP contribution in [0.15, 0.2) is 22.8 Å². The lowest BCUT2D eigenvalue weighted by Crippen LogP contribution is -2.50. The molecule has 4 nitrogen and oxygen atoms in total. The molecule has 4 heteroatoms. The molecule has 0 saturated heterocycles. The first kappa shape index (κ1) is 19.2. The number of hydrogen-bond donors (Lipinski definition) is 3. The molecule has 0 aromatic rings. The molecule has 0 aromatic heterocycles. The van der Waals surface area contributed by atoms with E-state index >= 15 is 0 Å². The van der Waals surface area contributed by atoms with Gasteiger partial charge in [0.05, 0.1) is 6.10 Å². The Bertz CT molecular complexity index is 692. The molecule has 0 spiro atoms. The monoisotopic (exact) mass is 374 g/mol. The second-order valence-corrected chi connectivity index (χ2v) is 9.86. The largest absolute Gasteiger partial charge is 0.478 e. The number of aliphatic carboxylic acids is 1. The number of aliphatic hydroxyl groups is 2. The first-order chi connectivity index (χ1) is 12.8. The van der Waals surface area contributed by atoms with Gasteiger partial charge in [0.1, 0.15) is 0 Å². The van der Waals surface area contributed by atoms with Gasteiger partial charge < -0.3 is 15.3 Å². The van der Waals surface area contributed by atoms with E-state index in [0.29, 0.717) is 23.3 Å². The first-order valence-electron chi connectivity index (χ1n) is 10.8. The lowest BCUT2D eigenvalue weighted by molar-refractivity contribution is -0.133. The number of aliphatic hydroxyl groups excluding tert-OH is 2. The zero-order valence-electron chi connectivity index (χ0n) is 16.7. The molecule has 0 bridgehead atoms. The van der Waals surface area contributed by atoms with Crippen LogP contribution in [0.2, 0.25) is 0 Å². The van der Waals surface area contributed by atoms with Crippen molar-refractivity contribution in [1.82, 2.24) is 0 Å². The number of carboxylic acid groups (broad SMARTS) is 1. The van der Waals surface area contributed by atoms with E-state index in [1.165, 1.54) is 12.0 Å². The molecule has 3 saturated carbocycles. The minimum atomic E-state index is -0.842. The molecule has 0 amide bonds. The van der Waals surface area contributed by atoms with Crippen molar-refractivity contribution in [3.05, 3.63) is 22.8 Å². The Morgan fingerprint density at radius 2 is 1.78 bits per heavy atom. The molecule has 4 aliphatic rings. The fourth-order valence-corrected chi connectivity index (χ4v) is 7.52. The lowest BCUT2D eigenvalue weighted by Gasteiger charge is -2.58. The predicted molar refractivity (Wildman–Crippen MR) is 104 cm³/mol. The molecule has 3 N–H and O–H groups in total. The fraction of sp³-hybridized carbons (Fsp3) is 0.783. The Morgan fingerprint density at radius 1 is 1.07 bits per heavy atom. The van der Waals surface area contributed by atoms with Crippen molar-refractivity contribution in [3.8, 4) is 0 Å². The maximum Gasteiger partial charge on any atom is 0.331 e. The van der Waals surface area contributed by atoms with E-state index in [2.05, 4.69) is 19.9 Å². The third-order valence-corrected chi connectivity index (χ3v) is 8.86.